The van der Waals surface area contributed by atoms with E-state index in [0.717, 1.165) is 0 Å². The minimum absolute atomic E-state index is 0.0556. The third-order valence-electron chi connectivity index (χ3n) is 1.77. The molecule has 1 aromatic rings. The number of carbonyl (C=O) groups is 3. The number of para-hydroxylation sites is 1. The first-order valence-corrected chi connectivity index (χ1v) is 5.67. The second-order valence-electron chi connectivity index (χ2n) is 3.52. The summed E-state index contributed by atoms with van der Waals surface area (Å²) in [4.78, 5) is 30.9. The molecule has 0 aliphatic rings. The summed E-state index contributed by atoms with van der Waals surface area (Å²) in [5, 5.41) is 2.31. The summed E-state index contributed by atoms with van der Waals surface area (Å²) in [6.07, 6.45) is 0. The lowest BCUT2D eigenvalue weighted by Gasteiger charge is -2.05. The SMILES string of the molecule is NC(=O)CNC(=O)COc1ccccc1.NCC(N)=O. The molecule has 0 saturated heterocycles. The number of hydrogen-bond acceptors (Lipinski definition) is 5. The number of carbonyl (C=O) groups excluding carboxylic acids is 3. The molecule has 0 fully saturated rings. The Morgan fingerprint density at radius 1 is 1.05 bits per heavy atom. The first-order chi connectivity index (χ1) is 9.45. The molecule has 8 nitrogen and oxygen atoms in total. The summed E-state index contributed by atoms with van der Waals surface area (Å²) in [6.45, 7) is -0.353. The van der Waals surface area contributed by atoms with Gasteiger partial charge in [0.25, 0.3) is 5.91 Å². The fraction of sp³-hybridized carbons (Fsp3) is 0.250. The molecule has 7 N–H and O–H groups in total. The van der Waals surface area contributed by atoms with Crippen LogP contribution in [0.3, 0.4) is 0 Å². The summed E-state index contributed by atoms with van der Waals surface area (Å²) in [5.41, 5.74) is 14.1. The average Bonchev–Trinajstić information content (AvgIpc) is 2.44. The maximum atomic E-state index is 11.1. The zero-order valence-electron chi connectivity index (χ0n) is 10.9. The van der Waals surface area contributed by atoms with Crippen molar-refractivity contribution in [3.63, 3.8) is 0 Å². The number of nitrogens with two attached hydrogens (primary N) is 3. The van der Waals surface area contributed by atoms with Crippen LogP contribution in [0, 0.1) is 0 Å². The van der Waals surface area contributed by atoms with E-state index in [1.807, 2.05) is 6.07 Å². The zero-order valence-corrected chi connectivity index (χ0v) is 10.9. The first-order valence-electron chi connectivity index (χ1n) is 5.67. The van der Waals surface area contributed by atoms with Gasteiger partial charge in [-0.3, -0.25) is 14.4 Å². The van der Waals surface area contributed by atoms with E-state index in [1.165, 1.54) is 0 Å². The topological polar surface area (TPSA) is 151 Å². The van der Waals surface area contributed by atoms with E-state index in [1.54, 1.807) is 24.3 Å². The summed E-state index contributed by atoms with van der Waals surface area (Å²) in [5.74, 6) is -0.822. The third-order valence-corrected chi connectivity index (χ3v) is 1.77. The second-order valence-corrected chi connectivity index (χ2v) is 3.52. The molecule has 0 bridgehead atoms. The molecule has 1 rings (SSSR count). The summed E-state index contributed by atoms with van der Waals surface area (Å²) in [7, 11) is 0. The summed E-state index contributed by atoms with van der Waals surface area (Å²) >= 11 is 0. The molecule has 0 aliphatic carbocycles. The highest BCUT2D eigenvalue weighted by molar-refractivity contribution is 5.84. The van der Waals surface area contributed by atoms with Crippen molar-refractivity contribution in [3.8, 4) is 5.75 Å². The highest BCUT2D eigenvalue weighted by atomic mass is 16.5. The minimum Gasteiger partial charge on any atom is -0.484 e. The van der Waals surface area contributed by atoms with Gasteiger partial charge in [-0.15, -0.1) is 0 Å². The Morgan fingerprint density at radius 2 is 1.60 bits per heavy atom. The van der Waals surface area contributed by atoms with Gasteiger partial charge in [-0.25, -0.2) is 0 Å². The normalized spacial score (nSPS) is 8.85. The fourth-order valence-electron chi connectivity index (χ4n) is 0.902. The van der Waals surface area contributed by atoms with Gasteiger partial charge >= 0.3 is 0 Å². The van der Waals surface area contributed by atoms with E-state index in [4.69, 9.17) is 16.2 Å². The highest BCUT2D eigenvalue weighted by Crippen LogP contribution is 2.07. The third kappa shape index (κ3) is 10.5. The van der Waals surface area contributed by atoms with E-state index in [9.17, 15) is 14.4 Å². The maximum absolute atomic E-state index is 11.1. The monoisotopic (exact) mass is 282 g/mol. The van der Waals surface area contributed by atoms with Gasteiger partial charge in [0, 0.05) is 0 Å². The molecule has 0 aromatic heterocycles. The van der Waals surface area contributed by atoms with Crippen LogP contribution < -0.4 is 27.3 Å². The van der Waals surface area contributed by atoms with Crippen molar-refractivity contribution in [1.29, 1.82) is 0 Å². The van der Waals surface area contributed by atoms with Crippen molar-refractivity contribution in [2.45, 2.75) is 0 Å². The van der Waals surface area contributed by atoms with E-state index in [2.05, 4.69) is 11.1 Å². The van der Waals surface area contributed by atoms with Crippen LogP contribution in [0.2, 0.25) is 0 Å². The lowest BCUT2D eigenvalue weighted by Crippen LogP contribution is -2.36. The molecule has 0 radical (unpaired) electrons. The average molecular weight is 282 g/mol. The van der Waals surface area contributed by atoms with Crippen LogP contribution in [0.1, 0.15) is 0 Å². The lowest BCUT2D eigenvalue weighted by molar-refractivity contribution is -0.126. The van der Waals surface area contributed by atoms with Gasteiger partial charge < -0.3 is 27.3 Å². The smallest absolute Gasteiger partial charge is 0.258 e. The molecule has 0 saturated carbocycles. The van der Waals surface area contributed by atoms with Crippen molar-refractivity contribution in [3.05, 3.63) is 30.3 Å². The molecule has 3 amide bonds. The Kier molecular flexibility index (Phi) is 8.98. The summed E-state index contributed by atoms with van der Waals surface area (Å²) < 4.78 is 5.14. The number of primary amides is 2. The molecule has 8 heteroatoms. The number of hydrogen-bond donors (Lipinski definition) is 4. The number of benzene rings is 1. The van der Waals surface area contributed by atoms with Crippen LogP contribution in [0.25, 0.3) is 0 Å². The van der Waals surface area contributed by atoms with Crippen LogP contribution in [0.5, 0.6) is 5.75 Å². The van der Waals surface area contributed by atoms with Crippen molar-refractivity contribution in [2.24, 2.45) is 17.2 Å². The standard InChI is InChI=1S/C10H12N2O3.C2H6N2O/c11-9(13)6-12-10(14)7-15-8-4-2-1-3-5-8;3-1-2(4)5/h1-5H,6-7H2,(H2,11,13)(H,12,14);1,3H2,(H2,4,5). The summed E-state index contributed by atoms with van der Waals surface area (Å²) in [6, 6.07) is 8.93. The minimum atomic E-state index is -0.580. The Labute approximate surface area is 116 Å². The predicted octanol–water partition coefficient (Wildman–Crippen LogP) is -1.90. The maximum Gasteiger partial charge on any atom is 0.258 e. The van der Waals surface area contributed by atoms with Crippen LogP contribution in [-0.2, 0) is 14.4 Å². The van der Waals surface area contributed by atoms with Gasteiger partial charge in [-0.05, 0) is 12.1 Å². The Morgan fingerprint density at radius 3 is 2.05 bits per heavy atom. The Hall–Kier alpha value is -2.61. The lowest BCUT2D eigenvalue weighted by atomic mass is 10.3. The molecule has 1 aromatic carbocycles. The number of nitrogens with one attached hydrogen (secondary N) is 1. The largest absolute Gasteiger partial charge is 0.484 e. The molecule has 0 unspecified atom stereocenters. The zero-order chi connectivity index (χ0) is 15.4. The van der Waals surface area contributed by atoms with Gasteiger partial charge in [0.2, 0.25) is 11.8 Å². The van der Waals surface area contributed by atoms with Gasteiger partial charge in [0.15, 0.2) is 6.61 Å². The van der Waals surface area contributed by atoms with Gasteiger partial charge in [0.1, 0.15) is 5.75 Å². The van der Waals surface area contributed by atoms with E-state index in [-0.39, 0.29) is 25.6 Å². The van der Waals surface area contributed by atoms with Crippen molar-refractivity contribution >= 4 is 17.7 Å². The van der Waals surface area contributed by atoms with Crippen LogP contribution >= 0.6 is 0 Å². The quantitative estimate of drug-likeness (QED) is 0.480. The number of ether oxygens (including phenoxy) is 1. The molecular weight excluding hydrogens is 264 g/mol. The second kappa shape index (κ2) is 10.3. The van der Waals surface area contributed by atoms with Crippen molar-refractivity contribution in [2.75, 3.05) is 19.7 Å². The predicted molar refractivity (Wildman–Crippen MR) is 72.4 cm³/mol. The van der Waals surface area contributed by atoms with E-state index >= 15 is 0 Å². The number of amides is 3. The molecular formula is C12H18N4O4. The fourth-order valence-corrected chi connectivity index (χ4v) is 0.902. The molecule has 0 heterocycles. The van der Waals surface area contributed by atoms with E-state index < -0.39 is 11.8 Å². The Balaban J connectivity index is 0.000000621. The van der Waals surface area contributed by atoms with Crippen molar-refractivity contribution < 1.29 is 19.1 Å². The molecule has 0 aliphatic heterocycles. The molecule has 0 spiro atoms. The van der Waals surface area contributed by atoms with Gasteiger partial charge in [-0.1, -0.05) is 18.2 Å². The van der Waals surface area contributed by atoms with Crippen LogP contribution in [-0.4, -0.2) is 37.4 Å². The molecule has 20 heavy (non-hydrogen) atoms. The van der Waals surface area contributed by atoms with E-state index in [0.29, 0.717) is 5.75 Å². The van der Waals surface area contributed by atoms with Crippen LogP contribution in [0.15, 0.2) is 30.3 Å². The van der Waals surface area contributed by atoms with Gasteiger partial charge in [0.05, 0.1) is 13.1 Å². The molecule has 110 valence electrons. The van der Waals surface area contributed by atoms with Crippen molar-refractivity contribution in [1.82, 2.24) is 5.32 Å². The van der Waals surface area contributed by atoms with Gasteiger partial charge in [-0.2, -0.15) is 0 Å². The number of rotatable bonds is 6. The highest BCUT2D eigenvalue weighted by Gasteiger charge is 2.03. The van der Waals surface area contributed by atoms with Crippen LogP contribution in [0.4, 0.5) is 0 Å². The Bertz CT molecular complexity index is 436. The first kappa shape index (κ1) is 17.4. The molecule has 0 atom stereocenters.